The van der Waals surface area contributed by atoms with Crippen molar-refractivity contribution >= 4 is 29.0 Å². The lowest BCUT2D eigenvalue weighted by Gasteiger charge is -2.29. The Kier molecular flexibility index (Phi) is 6.01. The molecule has 1 spiro atoms. The number of aromatic nitrogens is 4. The smallest absolute Gasteiger partial charge is 0.271 e. The van der Waals surface area contributed by atoms with Gasteiger partial charge in [0.15, 0.2) is 17.3 Å². The first-order valence-electron chi connectivity index (χ1n) is 12.6. The van der Waals surface area contributed by atoms with Crippen molar-refractivity contribution in [1.82, 2.24) is 20.0 Å². The minimum absolute atomic E-state index is 0.0299. The van der Waals surface area contributed by atoms with E-state index >= 15 is 0 Å². The van der Waals surface area contributed by atoms with Gasteiger partial charge in [-0.25, -0.2) is 0 Å². The van der Waals surface area contributed by atoms with Gasteiger partial charge in [-0.1, -0.05) is 12.1 Å². The molecule has 4 N–H and O–H groups in total. The van der Waals surface area contributed by atoms with Crippen LogP contribution in [0.2, 0.25) is 0 Å². The standard InChI is InChI=1S/C26H26N8O4/c27-12-18-17(16-13-29-34(14-16)21-5-2-8-26(21)37-9-10-38-26)3-1-4-19(18)30-20-11-22(31-25(36)15-6-7-15)32-33-23(20)24(28)35/h1,3-4,11,13-15,21H,2,5-10H2,(H2,28,35)(H2,30,31,32,36)/t21-/m0/s1. The molecule has 2 aliphatic carbocycles. The Bertz CT molecular complexity index is 1450. The number of hydrogen-bond acceptors (Lipinski definition) is 9. The van der Waals surface area contributed by atoms with E-state index in [0.29, 0.717) is 30.0 Å². The van der Waals surface area contributed by atoms with E-state index in [1.54, 1.807) is 18.3 Å². The molecule has 3 aliphatic rings. The van der Waals surface area contributed by atoms with Crippen LogP contribution in [0, 0.1) is 17.2 Å². The van der Waals surface area contributed by atoms with Crippen LogP contribution in [0.5, 0.6) is 0 Å². The number of nitrogens with zero attached hydrogens (tertiary/aromatic N) is 5. The number of amides is 2. The van der Waals surface area contributed by atoms with Gasteiger partial charge >= 0.3 is 0 Å². The Hall–Kier alpha value is -4.34. The minimum Gasteiger partial charge on any atom is -0.364 e. The lowest BCUT2D eigenvalue weighted by Crippen LogP contribution is -2.36. The molecule has 3 heterocycles. The molecule has 12 heteroatoms. The average Bonchev–Trinajstić information content (AvgIpc) is 3.28. The van der Waals surface area contributed by atoms with Crippen molar-refractivity contribution < 1.29 is 19.1 Å². The summed E-state index contributed by atoms with van der Waals surface area (Å²) in [6, 6.07) is 9.04. The third-order valence-corrected chi connectivity index (χ3v) is 7.19. The monoisotopic (exact) mass is 514 g/mol. The molecule has 6 rings (SSSR count). The number of ether oxygens (including phenoxy) is 2. The molecule has 0 radical (unpaired) electrons. The van der Waals surface area contributed by atoms with Gasteiger partial charge in [-0.3, -0.25) is 14.3 Å². The van der Waals surface area contributed by atoms with Gasteiger partial charge in [-0.2, -0.15) is 10.4 Å². The van der Waals surface area contributed by atoms with Crippen LogP contribution in [0.3, 0.4) is 0 Å². The molecule has 12 nitrogen and oxygen atoms in total. The molecule has 3 fully saturated rings. The van der Waals surface area contributed by atoms with Crippen LogP contribution in [0.1, 0.15) is 54.2 Å². The van der Waals surface area contributed by atoms with Gasteiger partial charge in [0.2, 0.25) is 5.91 Å². The van der Waals surface area contributed by atoms with Gasteiger partial charge < -0.3 is 25.8 Å². The summed E-state index contributed by atoms with van der Waals surface area (Å²) < 4.78 is 13.8. The Balaban J connectivity index is 1.31. The summed E-state index contributed by atoms with van der Waals surface area (Å²) in [4.78, 5) is 24.2. The molecule has 1 saturated heterocycles. The maximum Gasteiger partial charge on any atom is 0.271 e. The number of anilines is 3. The van der Waals surface area contributed by atoms with E-state index in [0.717, 1.165) is 37.7 Å². The lowest BCUT2D eigenvalue weighted by atomic mass is 10.0. The number of hydrogen-bond donors (Lipinski definition) is 3. The minimum atomic E-state index is -0.794. The number of benzene rings is 1. The molecule has 38 heavy (non-hydrogen) atoms. The molecule has 3 aromatic rings. The van der Waals surface area contributed by atoms with Crippen LogP contribution in [-0.2, 0) is 14.3 Å². The van der Waals surface area contributed by atoms with E-state index in [1.807, 2.05) is 16.9 Å². The van der Waals surface area contributed by atoms with E-state index in [4.69, 9.17) is 15.2 Å². The van der Waals surface area contributed by atoms with E-state index in [9.17, 15) is 14.9 Å². The van der Waals surface area contributed by atoms with E-state index in [1.165, 1.54) is 6.07 Å². The largest absolute Gasteiger partial charge is 0.364 e. The zero-order valence-electron chi connectivity index (χ0n) is 20.5. The maximum absolute atomic E-state index is 12.2. The van der Waals surface area contributed by atoms with Crippen molar-refractivity contribution in [2.75, 3.05) is 23.8 Å². The predicted octanol–water partition coefficient (Wildman–Crippen LogP) is 2.87. The lowest BCUT2D eigenvalue weighted by molar-refractivity contribution is -0.177. The molecule has 194 valence electrons. The summed E-state index contributed by atoms with van der Waals surface area (Å²) in [5.74, 6) is -1.43. The Morgan fingerprint density at radius 2 is 1.97 bits per heavy atom. The number of nitriles is 1. The molecule has 0 unspecified atom stereocenters. The van der Waals surface area contributed by atoms with E-state index < -0.39 is 11.7 Å². The topological polar surface area (TPSA) is 170 Å². The summed E-state index contributed by atoms with van der Waals surface area (Å²) in [7, 11) is 0. The Labute approximate surface area is 218 Å². The highest BCUT2D eigenvalue weighted by atomic mass is 16.7. The first-order chi connectivity index (χ1) is 18.5. The number of nitrogens with one attached hydrogen (secondary N) is 2. The number of carbonyl (C=O) groups excluding carboxylic acids is 2. The zero-order valence-corrected chi connectivity index (χ0v) is 20.5. The number of rotatable bonds is 7. The Morgan fingerprint density at radius 1 is 1.16 bits per heavy atom. The van der Waals surface area contributed by atoms with Crippen LogP contribution >= 0.6 is 0 Å². The van der Waals surface area contributed by atoms with Gasteiger partial charge in [0.25, 0.3) is 5.91 Å². The van der Waals surface area contributed by atoms with E-state index in [2.05, 4.69) is 32.0 Å². The fourth-order valence-electron chi connectivity index (χ4n) is 5.18. The van der Waals surface area contributed by atoms with Gasteiger partial charge in [0, 0.05) is 35.7 Å². The third kappa shape index (κ3) is 4.36. The summed E-state index contributed by atoms with van der Waals surface area (Å²) in [5.41, 5.74) is 7.83. The van der Waals surface area contributed by atoms with Gasteiger partial charge in [0.05, 0.1) is 36.3 Å². The second kappa shape index (κ2) is 9.51. The van der Waals surface area contributed by atoms with Crippen LogP contribution in [0.25, 0.3) is 11.1 Å². The van der Waals surface area contributed by atoms with E-state index in [-0.39, 0.29) is 35.1 Å². The molecule has 2 aromatic heterocycles. The van der Waals surface area contributed by atoms with Crippen molar-refractivity contribution in [3.05, 3.63) is 47.9 Å². The summed E-state index contributed by atoms with van der Waals surface area (Å²) >= 11 is 0. The summed E-state index contributed by atoms with van der Waals surface area (Å²) in [6.07, 6.45) is 7.97. The molecule has 2 saturated carbocycles. The maximum atomic E-state index is 12.2. The highest BCUT2D eigenvalue weighted by Gasteiger charge is 2.49. The van der Waals surface area contributed by atoms with Crippen molar-refractivity contribution in [3.63, 3.8) is 0 Å². The predicted molar refractivity (Wildman–Crippen MR) is 135 cm³/mol. The van der Waals surface area contributed by atoms with Gasteiger partial charge in [-0.05, 0) is 31.7 Å². The number of primary amides is 1. The van der Waals surface area contributed by atoms with Crippen molar-refractivity contribution in [1.29, 1.82) is 5.26 Å². The van der Waals surface area contributed by atoms with Crippen molar-refractivity contribution in [2.45, 2.75) is 43.9 Å². The molecular weight excluding hydrogens is 488 g/mol. The van der Waals surface area contributed by atoms with Crippen molar-refractivity contribution in [2.24, 2.45) is 11.7 Å². The first-order valence-corrected chi connectivity index (χ1v) is 12.6. The highest BCUT2D eigenvalue weighted by Crippen LogP contribution is 2.45. The number of carbonyl (C=O) groups is 2. The highest BCUT2D eigenvalue weighted by molar-refractivity contribution is 5.99. The SMILES string of the molecule is N#Cc1c(Nc2cc(NC(=O)C3CC3)nnc2C(N)=O)cccc1-c1cnn([C@H]2CCCC23OCCO3)c1. The van der Waals surface area contributed by atoms with Gasteiger partial charge in [-0.15, -0.1) is 10.2 Å². The third-order valence-electron chi connectivity index (χ3n) is 7.19. The quantitative estimate of drug-likeness (QED) is 0.429. The van der Waals surface area contributed by atoms with Crippen LogP contribution < -0.4 is 16.4 Å². The molecule has 0 bridgehead atoms. The molecule has 1 aromatic carbocycles. The number of nitrogens with two attached hydrogens (primary N) is 1. The van der Waals surface area contributed by atoms with Crippen LogP contribution in [0.15, 0.2) is 36.7 Å². The zero-order chi connectivity index (χ0) is 26.3. The average molecular weight is 515 g/mol. The van der Waals surface area contributed by atoms with Crippen LogP contribution in [-0.4, -0.2) is 50.8 Å². The fraction of sp³-hybridized carbons (Fsp3) is 0.385. The Morgan fingerprint density at radius 3 is 2.71 bits per heavy atom. The van der Waals surface area contributed by atoms with Gasteiger partial charge in [0.1, 0.15) is 12.1 Å². The fourth-order valence-corrected chi connectivity index (χ4v) is 5.18. The second-order valence-electron chi connectivity index (χ2n) is 9.71. The second-order valence-corrected chi connectivity index (χ2v) is 9.71. The van der Waals surface area contributed by atoms with Crippen molar-refractivity contribution in [3.8, 4) is 17.2 Å². The first kappa shape index (κ1) is 24.0. The summed E-state index contributed by atoms with van der Waals surface area (Å²) in [5, 5.41) is 28.3. The molecule has 1 atom stereocenters. The molecule has 1 aliphatic heterocycles. The molecular formula is C26H26N8O4. The van der Waals surface area contributed by atoms with Crippen LogP contribution in [0.4, 0.5) is 17.2 Å². The molecule has 2 amide bonds. The summed E-state index contributed by atoms with van der Waals surface area (Å²) in [6.45, 7) is 1.14. The normalized spacial score (nSPS) is 19.8.